The van der Waals surface area contributed by atoms with Gasteiger partial charge in [0.15, 0.2) is 5.79 Å². The maximum absolute atomic E-state index is 12.2. The van der Waals surface area contributed by atoms with Crippen LogP contribution in [0, 0.1) is 23.7 Å². The van der Waals surface area contributed by atoms with E-state index in [1.54, 1.807) is 0 Å². The molecule has 0 aromatic heterocycles. The molecular formula is C14H22O3. The minimum absolute atomic E-state index is 0.0431. The van der Waals surface area contributed by atoms with E-state index in [1.807, 2.05) is 0 Å². The average Bonchev–Trinajstić information content (AvgIpc) is 2.65. The predicted octanol–water partition coefficient (Wildman–Crippen LogP) is 2.13. The third-order valence-corrected chi connectivity index (χ3v) is 5.42. The quantitative estimate of drug-likeness (QED) is 0.761. The second-order valence-electron chi connectivity index (χ2n) is 6.63. The standard InChI is InChI=1S/C14H22O3/c1-8(2)11-6-13-9(3)4-5-10(13)12(15)7-14(11,16)17-13/h8-11,16H,4-7H2,1-3H3/t9-,10-,11-,13-,14?/m0/s1. The maximum atomic E-state index is 12.2. The Kier molecular flexibility index (Phi) is 2.28. The molecule has 2 bridgehead atoms. The van der Waals surface area contributed by atoms with Crippen molar-refractivity contribution in [1.82, 2.24) is 0 Å². The van der Waals surface area contributed by atoms with Crippen LogP contribution in [0.4, 0.5) is 0 Å². The van der Waals surface area contributed by atoms with Gasteiger partial charge in [0.2, 0.25) is 0 Å². The van der Waals surface area contributed by atoms with Gasteiger partial charge in [-0.25, -0.2) is 0 Å². The molecule has 96 valence electrons. The van der Waals surface area contributed by atoms with Gasteiger partial charge in [-0.3, -0.25) is 4.79 Å². The minimum Gasteiger partial charge on any atom is -0.365 e. The first-order chi connectivity index (χ1) is 7.89. The van der Waals surface area contributed by atoms with Gasteiger partial charge in [0.1, 0.15) is 5.78 Å². The summed E-state index contributed by atoms with van der Waals surface area (Å²) in [4.78, 5) is 12.2. The fourth-order valence-electron chi connectivity index (χ4n) is 4.44. The second-order valence-corrected chi connectivity index (χ2v) is 6.63. The van der Waals surface area contributed by atoms with Crippen molar-refractivity contribution in [3.05, 3.63) is 0 Å². The van der Waals surface area contributed by atoms with Crippen LogP contribution in [0.3, 0.4) is 0 Å². The van der Waals surface area contributed by atoms with Gasteiger partial charge in [0, 0.05) is 11.8 Å². The number of carbonyl (C=O) groups is 1. The van der Waals surface area contributed by atoms with E-state index in [-0.39, 0.29) is 29.6 Å². The molecule has 2 aliphatic heterocycles. The largest absolute Gasteiger partial charge is 0.365 e. The molecule has 17 heavy (non-hydrogen) atoms. The summed E-state index contributed by atoms with van der Waals surface area (Å²) < 4.78 is 6.09. The Morgan fingerprint density at radius 2 is 2.12 bits per heavy atom. The molecule has 0 amide bonds. The highest BCUT2D eigenvalue weighted by Gasteiger charge is 2.68. The summed E-state index contributed by atoms with van der Waals surface area (Å²) in [5.74, 6) is -0.0455. The number of rotatable bonds is 1. The van der Waals surface area contributed by atoms with E-state index in [1.165, 1.54) is 0 Å². The molecule has 0 aromatic rings. The smallest absolute Gasteiger partial charge is 0.176 e. The number of fused-ring (bicyclic) bond motifs is 1. The van der Waals surface area contributed by atoms with Crippen LogP contribution in [0.5, 0.6) is 0 Å². The molecule has 0 aromatic carbocycles. The molecule has 3 nitrogen and oxygen atoms in total. The average molecular weight is 238 g/mol. The van der Waals surface area contributed by atoms with Crippen molar-refractivity contribution in [1.29, 1.82) is 0 Å². The second kappa shape index (κ2) is 3.33. The zero-order valence-corrected chi connectivity index (χ0v) is 10.9. The van der Waals surface area contributed by atoms with E-state index >= 15 is 0 Å². The van der Waals surface area contributed by atoms with E-state index in [2.05, 4.69) is 20.8 Å². The molecule has 1 saturated carbocycles. The molecule has 3 aliphatic rings. The topological polar surface area (TPSA) is 46.5 Å². The molecular weight excluding hydrogens is 216 g/mol. The molecule has 1 aliphatic carbocycles. The summed E-state index contributed by atoms with van der Waals surface area (Å²) in [7, 11) is 0. The Morgan fingerprint density at radius 3 is 2.76 bits per heavy atom. The monoisotopic (exact) mass is 238 g/mol. The number of hydrogen-bond acceptors (Lipinski definition) is 3. The van der Waals surface area contributed by atoms with Crippen LogP contribution in [0.15, 0.2) is 0 Å². The van der Waals surface area contributed by atoms with Crippen LogP contribution in [0.1, 0.15) is 46.5 Å². The zero-order valence-electron chi connectivity index (χ0n) is 10.9. The Hall–Kier alpha value is -0.410. The third-order valence-electron chi connectivity index (χ3n) is 5.42. The Balaban J connectivity index is 2.04. The molecule has 1 unspecified atom stereocenters. The van der Waals surface area contributed by atoms with Crippen molar-refractivity contribution in [2.75, 3.05) is 0 Å². The maximum Gasteiger partial charge on any atom is 0.176 e. The number of Topliss-reactive ketones (excluding diaryl/α,β-unsaturated/α-hetero) is 1. The molecule has 2 saturated heterocycles. The summed E-state index contributed by atoms with van der Waals surface area (Å²) in [6.07, 6.45) is 3.06. The van der Waals surface area contributed by atoms with Crippen molar-refractivity contribution in [2.24, 2.45) is 23.7 Å². The van der Waals surface area contributed by atoms with Gasteiger partial charge in [-0.05, 0) is 31.1 Å². The van der Waals surface area contributed by atoms with Crippen molar-refractivity contribution in [3.63, 3.8) is 0 Å². The van der Waals surface area contributed by atoms with E-state index in [0.29, 0.717) is 11.8 Å². The van der Waals surface area contributed by atoms with Gasteiger partial charge in [-0.2, -0.15) is 0 Å². The molecule has 1 N–H and O–H groups in total. The number of aliphatic hydroxyl groups is 1. The Bertz CT molecular complexity index is 364. The molecule has 2 heterocycles. The van der Waals surface area contributed by atoms with E-state index in [4.69, 9.17) is 4.74 Å². The van der Waals surface area contributed by atoms with Crippen LogP contribution in [0.2, 0.25) is 0 Å². The van der Waals surface area contributed by atoms with E-state index < -0.39 is 5.79 Å². The van der Waals surface area contributed by atoms with E-state index in [9.17, 15) is 9.90 Å². The van der Waals surface area contributed by atoms with Crippen molar-refractivity contribution >= 4 is 5.78 Å². The first kappa shape index (κ1) is 11.7. The fraction of sp³-hybridized carbons (Fsp3) is 0.929. The summed E-state index contributed by atoms with van der Waals surface area (Å²) in [5, 5.41) is 10.6. The van der Waals surface area contributed by atoms with Crippen molar-refractivity contribution < 1.29 is 14.6 Å². The highest BCUT2D eigenvalue weighted by atomic mass is 16.7. The number of ketones is 1. The van der Waals surface area contributed by atoms with Gasteiger partial charge in [-0.1, -0.05) is 20.8 Å². The lowest BCUT2D eigenvalue weighted by Crippen LogP contribution is -2.52. The van der Waals surface area contributed by atoms with Crippen LogP contribution in [-0.4, -0.2) is 22.3 Å². The van der Waals surface area contributed by atoms with Crippen LogP contribution < -0.4 is 0 Å². The molecule has 3 heteroatoms. The summed E-state index contributed by atoms with van der Waals surface area (Å²) >= 11 is 0. The normalized spacial score (nSPS) is 53.2. The lowest BCUT2D eigenvalue weighted by Gasteiger charge is -2.41. The lowest BCUT2D eigenvalue weighted by atomic mass is 9.78. The Morgan fingerprint density at radius 1 is 1.41 bits per heavy atom. The van der Waals surface area contributed by atoms with Gasteiger partial charge in [0.05, 0.1) is 12.0 Å². The number of ether oxygens (including phenoxy) is 1. The van der Waals surface area contributed by atoms with Gasteiger partial charge < -0.3 is 9.84 Å². The van der Waals surface area contributed by atoms with Gasteiger partial charge >= 0.3 is 0 Å². The highest BCUT2D eigenvalue weighted by molar-refractivity contribution is 5.85. The van der Waals surface area contributed by atoms with Crippen LogP contribution >= 0.6 is 0 Å². The molecule has 1 spiro atoms. The third kappa shape index (κ3) is 1.33. The first-order valence-corrected chi connectivity index (χ1v) is 6.84. The molecule has 3 rings (SSSR count). The highest BCUT2D eigenvalue weighted by Crippen LogP contribution is 2.61. The van der Waals surface area contributed by atoms with Gasteiger partial charge in [0.25, 0.3) is 0 Å². The van der Waals surface area contributed by atoms with Crippen LogP contribution in [0.25, 0.3) is 0 Å². The summed E-state index contributed by atoms with van der Waals surface area (Å²) in [5.41, 5.74) is -0.348. The minimum atomic E-state index is -1.18. The summed E-state index contributed by atoms with van der Waals surface area (Å²) in [6, 6.07) is 0. The SMILES string of the molecule is CC(C)[C@@H]1C[C@@]23OC1(O)CC(=O)[C@@H]2CC[C@@H]3C. The lowest BCUT2D eigenvalue weighted by molar-refractivity contribution is -0.271. The predicted molar refractivity (Wildman–Crippen MR) is 63.2 cm³/mol. The molecule has 5 atom stereocenters. The summed E-state index contributed by atoms with van der Waals surface area (Å²) in [6.45, 7) is 6.40. The van der Waals surface area contributed by atoms with E-state index in [0.717, 1.165) is 19.3 Å². The number of hydrogen-bond donors (Lipinski definition) is 1. The van der Waals surface area contributed by atoms with Crippen molar-refractivity contribution in [2.45, 2.75) is 57.8 Å². The number of carbonyl (C=O) groups excluding carboxylic acids is 1. The molecule has 3 fully saturated rings. The van der Waals surface area contributed by atoms with Crippen molar-refractivity contribution in [3.8, 4) is 0 Å². The first-order valence-electron chi connectivity index (χ1n) is 6.84. The zero-order chi connectivity index (χ0) is 12.4. The fourth-order valence-corrected chi connectivity index (χ4v) is 4.44. The van der Waals surface area contributed by atoms with Gasteiger partial charge in [-0.15, -0.1) is 0 Å². The van der Waals surface area contributed by atoms with Crippen LogP contribution in [-0.2, 0) is 9.53 Å². The molecule has 0 radical (unpaired) electrons. The Labute approximate surface area is 103 Å².